The lowest BCUT2D eigenvalue weighted by molar-refractivity contribution is -0.318. The first-order valence-corrected chi connectivity index (χ1v) is 21.4. The zero-order valence-corrected chi connectivity index (χ0v) is 37.5. The Kier molecular flexibility index (Phi) is 16.5. The molecule has 0 unspecified atom stereocenters. The number of cyclic esters (lactones) is 1. The van der Waals surface area contributed by atoms with Crippen LogP contribution in [0.4, 0.5) is 4.79 Å². The smallest absolute Gasteiger partial charge is 0.407 e. The molecule has 58 heavy (non-hydrogen) atoms. The van der Waals surface area contributed by atoms with E-state index in [1.165, 1.54) is 14.0 Å². The molecular weight excluding hydrogens is 754 g/mol. The van der Waals surface area contributed by atoms with Crippen molar-refractivity contribution < 1.29 is 63.2 Å². The van der Waals surface area contributed by atoms with Crippen LogP contribution in [0.2, 0.25) is 0 Å². The molecule has 18 atom stereocenters. The van der Waals surface area contributed by atoms with Crippen LogP contribution in [-0.2, 0) is 38.0 Å². The average molecular weight is 832 g/mol. The second kappa shape index (κ2) is 19.6. The molecule has 1 saturated carbocycles. The van der Waals surface area contributed by atoms with Crippen molar-refractivity contribution in [1.82, 2.24) is 15.1 Å². The molecule has 0 radical (unpaired) electrons. The molecule has 3 aliphatic heterocycles. The Morgan fingerprint density at radius 2 is 1.62 bits per heavy atom. The minimum absolute atomic E-state index is 0.0167. The van der Waals surface area contributed by atoms with Crippen molar-refractivity contribution in [1.29, 1.82) is 0 Å². The van der Waals surface area contributed by atoms with Crippen LogP contribution in [0.25, 0.3) is 0 Å². The van der Waals surface area contributed by atoms with Crippen molar-refractivity contribution in [2.24, 2.45) is 17.8 Å². The molecule has 338 valence electrons. The van der Waals surface area contributed by atoms with Gasteiger partial charge >= 0.3 is 12.1 Å². The van der Waals surface area contributed by atoms with Gasteiger partial charge in [0.1, 0.15) is 23.9 Å². The van der Waals surface area contributed by atoms with Crippen LogP contribution in [-0.4, -0.2) is 173 Å². The maximum Gasteiger partial charge on any atom is 0.407 e. The molecule has 1 amide bonds. The molecule has 0 spiro atoms. The van der Waals surface area contributed by atoms with Crippen LogP contribution in [0.3, 0.4) is 0 Å². The lowest BCUT2D eigenvalue weighted by Crippen LogP contribution is -2.61. The molecule has 1 aliphatic carbocycles. The van der Waals surface area contributed by atoms with Crippen molar-refractivity contribution in [2.45, 2.75) is 204 Å². The lowest BCUT2D eigenvalue weighted by Gasteiger charge is -2.48. The Morgan fingerprint density at radius 1 is 0.983 bits per heavy atom. The van der Waals surface area contributed by atoms with E-state index in [1.54, 1.807) is 34.6 Å². The van der Waals surface area contributed by atoms with Gasteiger partial charge in [0.05, 0.1) is 41.5 Å². The van der Waals surface area contributed by atoms with E-state index in [2.05, 4.69) is 5.32 Å². The Bertz CT molecular complexity index is 1350. The van der Waals surface area contributed by atoms with Crippen LogP contribution < -0.4 is 5.32 Å². The standard InChI is InChI=1S/C42H77N3O13/c1-15-30-42(10,51)36(58-39(49)43-28-16-17-28)26(6)45(13)21-22(2)19-40(8,50)35(57-38-32(46)29(44(11)12)18-23(3)53-38)24(4)33(25(5)37(48)55-30)56-31-20-41(9,52-14)34(47)27(7)54-31/h22-36,38,46-47,50-51H,15-21H2,1-14H3,(H,43,49)/t22-,23-,24+,25-,26-,27+,29+,30-,31+,32-,33+,34+,35-,36-,38+,40-,41-,42-/m1/s1. The first kappa shape index (κ1) is 49.0. The lowest BCUT2D eigenvalue weighted by atomic mass is 9.77. The van der Waals surface area contributed by atoms with Crippen molar-refractivity contribution >= 4 is 12.1 Å². The second-order valence-electron chi connectivity index (χ2n) is 19.0. The van der Waals surface area contributed by atoms with Gasteiger partial charge in [-0.05, 0) is 108 Å². The highest BCUT2D eigenvalue weighted by atomic mass is 16.7. The molecule has 0 aromatic rings. The van der Waals surface area contributed by atoms with Crippen molar-refractivity contribution in [3.05, 3.63) is 0 Å². The third-order valence-electron chi connectivity index (χ3n) is 13.3. The van der Waals surface area contributed by atoms with E-state index in [4.69, 9.17) is 33.2 Å². The molecule has 16 nitrogen and oxygen atoms in total. The molecule has 4 rings (SSSR count). The summed E-state index contributed by atoms with van der Waals surface area (Å²) in [6.07, 6.45) is -7.35. The van der Waals surface area contributed by atoms with Crippen LogP contribution >= 0.6 is 0 Å². The minimum Gasteiger partial charge on any atom is -0.459 e. The molecule has 0 aromatic heterocycles. The number of hydrogen-bond acceptors (Lipinski definition) is 15. The topological polar surface area (TPSA) is 198 Å². The molecule has 3 heterocycles. The molecule has 5 N–H and O–H groups in total. The number of aliphatic hydroxyl groups excluding tert-OH is 2. The van der Waals surface area contributed by atoms with Crippen LogP contribution in [0, 0.1) is 17.8 Å². The van der Waals surface area contributed by atoms with E-state index in [1.807, 2.05) is 58.6 Å². The predicted molar refractivity (Wildman–Crippen MR) is 215 cm³/mol. The number of carbonyl (C=O) groups is 2. The number of nitrogens with one attached hydrogen (secondary N) is 1. The molecule has 4 aliphatic rings. The van der Waals surface area contributed by atoms with Crippen LogP contribution in [0.15, 0.2) is 0 Å². The summed E-state index contributed by atoms with van der Waals surface area (Å²) in [4.78, 5) is 31.6. The first-order chi connectivity index (χ1) is 26.9. The maximum absolute atomic E-state index is 14.5. The third-order valence-corrected chi connectivity index (χ3v) is 13.3. The van der Waals surface area contributed by atoms with Gasteiger partial charge in [-0.3, -0.25) is 9.69 Å². The summed E-state index contributed by atoms with van der Waals surface area (Å²) in [5.74, 6) is -2.72. The summed E-state index contributed by atoms with van der Waals surface area (Å²) in [5, 5.41) is 50.5. The summed E-state index contributed by atoms with van der Waals surface area (Å²) >= 11 is 0. The molecule has 16 heteroatoms. The van der Waals surface area contributed by atoms with Gasteiger partial charge in [0.25, 0.3) is 0 Å². The van der Waals surface area contributed by atoms with E-state index in [0.29, 0.717) is 13.0 Å². The summed E-state index contributed by atoms with van der Waals surface area (Å²) < 4.78 is 44.0. The quantitative estimate of drug-likeness (QED) is 0.213. The van der Waals surface area contributed by atoms with Crippen molar-refractivity contribution in [3.63, 3.8) is 0 Å². The van der Waals surface area contributed by atoms with Crippen molar-refractivity contribution in [2.75, 3.05) is 34.8 Å². The second-order valence-corrected chi connectivity index (χ2v) is 19.0. The van der Waals surface area contributed by atoms with Crippen LogP contribution in [0.1, 0.15) is 108 Å². The number of likely N-dealkylation sites (N-methyl/N-ethyl adjacent to an activating group) is 2. The molecular formula is C42H77N3O13. The van der Waals surface area contributed by atoms with Crippen molar-refractivity contribution in [3.8, 4) is 0 Å². The number of hydrogen-bond donors (Lipinski definition) is 5. The number of nitrogens with zero attached hydrogens (tertiary/aromatic N) is 2. The normalized spacial score (nSPS) is 46.8. The average Bonchev–Trinajstić information content (AvgIpc) is 3.95. The maximum atomic E-state index is 14.5. The van der Waals surface area contributed by atoms with Gasteiger partial charge in [-0.1, -0.05) is 20.8 Å². The summed E-state index contributed by atoms with van der Waals surface area (Å²) in [6.45, 7) is 18.1. The van der Waals surface area contributed by atoms with Gasteiger partial charge in [-0.15, -0.1) is 0 Å². The Hall–Kier alpha value is -1.70. The molecule has 3 saturated heterocycles. The molecule has 0 aromatic carbocycles. The number of rotatable bonds is 9. The Morgan fingerprint density at radius 3 is 2.19 bits per heavy atom. The summed E-state index contributed by atoms with van der Waals surface area (Å²) in [5.41, 5.74) is -4.48. The number of ether oxygens (including phenoxy) is 7. The number of alkyl carbamates (subject to hydrolysis) is 1. The third kappa shape index (κ3) is 11.4. The highest BCUT2D eigenvalue weighted by Crippen LogP contribution is 2.40. The minimum atomic E-state index is -1.84. The fourth-order valence-corrected chi connectivity index (χ4v) is 9.48. The van der Waals surface area contributed by atoms with E-state index in [0.717, 1.165) is 12.8 Å². The number of aliphatic hydroxyl groups is 4. The monoisotopic (exact) mass is 832 g/mol. The zero-order valence-electron chi connectivity index (χ0n) is 37.5. The Labute approximate surface area is 346 Å². The number of methoxy groups -OCH3 is 1. The number of amides is 1. The van der Waals surface area contributed by atoms with Gasteiger partial charge in [0.15, 0.2) is 18.7 Å². The summed E-state index contributed by atoms with van der Waals surface area (Å²) in [6, 6.07) is -0.833. The highest BCUT2D eigenvalue weighted by Gasteiger charge is 2.53. The van der Waals surface area contributed by atoms with E-state index < -0.39 is 102 Å². The fourth-order valence-electron chi connectivity index (χ4n) is 9.48. The summed E-state index contributed by atoms with van der Waals surface area (Å²) in [7, 11) is 7.13. The molecule has 0 bridgehead atoms. The van der Waals surface area contributed by atoms with Crippen LogP contribution in [0.5, 0.6) is 0 Å². The van der Waals surface area contributed by atoms with Gasteiger partial charge < -0.3 is 63.8 Å². The van der Waals surface area contributed by atoms with Gasteiger partial charge in [0.2, 0.25) is 0 Å². The number of carbonyl (C=O) groups excluding carboxylic acids is 2. The van der Waals surface area contributed by atoms with E-state index >= 15 is 0 Å². The van der Waals surface area contributed by atoms with E-state index in [9.17, 15) is 30.0 Å². The zero-order chi connectivity index (χ0) is 43.7. The SMILES string of the molecule is CC[C@H]1OC(=O)[C@H](C)[C@@H](O[C@H]2C[C@@](C)(OC)[C@@H](O)[C@H](C)O2)[C@H](C)[C@@H](O[C@@H]2O[C@H](C)C[C@H](N(C)C)[C@H]2O)[C@](C)(O)C[C@@H](C)CN(C)[C@H](C)[C@@H](OC(=O)NC2CC2)[C@]1(C)O. The van der Waals surface area contributed by atoms with Gasteiger partial charge in [-0.2, -0.15) is 0 Å². The van der Waals surface area contributed by atoms with E-state index in [-0.39, 0.29) is 43.4 Å². The van der Waals surface area contributed by atoms with Gasteiger partial charge in [0, 0.05) is 44.1 Å². The van der Waals surface area contributed by atoms with Gasteiger partial charge in [-0.25, -0.2) is 4.79 Å². The highest BCUT2D eigenvalue weighted by molar-refractivity contribution is 5.73. The first-order valence-electron chi connectivity index (χ1n) is 21.4. The fraction of sp³-hybridized carbons (Fsp3) is 0.952. The number of esters is 1. The predicted octanol–water partition coefficient (Wildman–Crippen LogP) is 2.80. The Balaban J connectivity index is 1.82. The molecule has 4 fully saturated rings. The largest absolute Gasteiger partial charge is 0.459 e.